The largest absolute Gasteiger partial charge is 0.495 e. The smallest absolute Gasteiger partial charge is 0.425 e. The predicted molar refractivity (Wildman–Crippen MR) is 164 cm³/mol. The Kier molecular flexibility index (Phi) is 8.96. The van der Waals surface area contributed by atoms with E-state index in [1.807, 2.05) is 0 Å². The van der Waals surface area contributed by atoms with Crippen LogP contribution in [0.2, 0.25) is 0 Å². The SMILES string of the molecule is COc1ccc(C(O)Nc2ccc(F)c(C3(C)CS(=O)(=O)C4(CNC4)C(N(C(=O)OC(C)(C)C)C(=O)OC(C)(C)C)=N3)c2)nc1. The summed E-state index contributed by atoms with van der Waals surface area (Å²) in [5.74, 6) is -1.37. The van der Waals surface area contributed by atoms with Gasteiger partial charge in [0.15, 0.2) is 20.8 Å². The van der Waals surface area contributed by atoms with Gasteiger partial charge in [0.1, 0.15) is 34.1 Å². The topological polar surface area (TPSA) is 169 Å². The maximum atomic E-state index is 15.6. The summed E-state index contributed by atoms with van der Waals surface area (Å²) in [6.07, 6.45) is -2.26. The minimum absolute atomic E-state index is 0.141. The van der Waals surface area contributed by atoms with E-state index in [0.29, 0.717) is 10.6 Å². The van der Waals surface area contributed by atoms with E-state index < -0.39 is 67.1 Å². The number of hydrogen-bond donors (Lipinski definition) is 3. The highest BCUT2D eigenvalue weighted by Gasteiger charge is 2.62. The molecule has 2 aliphatic heterocycles. The number of aliphatic imine (C=N–C) groups is 1. The number of amides is 2. The van der Waals surface area contributed by atoms with Crippen molar-refractivity contribution in [2.24, 2.45) is 4.99 Å². The van der Waals surface area contributed by atoms with Gasteiger partial charge in [0.2, 0.25) is 0 Å². The number of benzene rings is 1. The zero-order valence-corrected chi connectivity index (χ0v) is 27.4. The Labute approximate surface area is 262 Å². The lowest BCUT2D eigenvalue weighted by molar-refractivity contribution is 0.0135. The van der Waals surface area contributed by atoms with Crippen LogP contribution in [0.3, 0.4) is 0 Å². The minimum atomic E-state index is -4.20. The molecule has 4 rings (SSSR count). The monoisotopic (exact) mass is 649 g/mol. The number of carbonyl (C=O) groups excluding carboxylic acids is 2. The number of sulfone groups is 1. The Morgan fingerprint density at radius 1 is 1.07 bits per heavy atom. The van der Waals surface area contributed by atoms with Crippen LogP contribution < -0.4 is 15.4 Å². The number of aromatic nitrogens is 1. The number of aliphatic hydroxyl groups is 1. The molecule has 2 aliphatic rings. The van der Waals surface area contributed by atoms with E-state index in [0.717, 1.165) is 6.07 Å². The third-order valence-electron chi connectivity index (χ3n) is 7.14. The van der Waals surface area contributed by atoms with Gasteiger partial charge in [-0.1, -0.05) is 0 Å². The number of nitrogens with zero attached hydrogens (tertiary/aromatic N) is 3. The van der Waals surface area contributed by atoms with Crippen LogP contribution in [0, 0.1) is 5.82 Å². The fraction of sp³-hybridized carbons (Fsp3) is 0.533. The van der Waals surface area contributed by atoms with Crippen molar-refractivity contribution < 1.29 is 41.7 Å². The number of pyridine rings is 1. The summed E-state index contributed by atoms with van der Waals surface area (Å²) in [7, 11) is -2.72. The number of anilines is 1. The van der Waals surface area contributed by atoms with Crippen LogP contribution in [0.1, 0.15) is 66.0 Å². The van der Waals surface area contributed by atoms with Gasteiger partial charge in [-0.15, -0.1) is 0 Å². The van der Waals surface area contributed by atoms with Crippen LogP contribution in [-0.4, -0.2) is 83.3 Å². The Morgan fingerprint density at radius 3 is 2.13 bits per heavy atom. The second-order valence-electron chi connectivity index (χ2n) is 13.2. The van der Waals surface area contributed by atoms with Gasteiger partial charge < -0.3 is 30.0 Å². The molecule has 1 aromatic heterocycles. The van der Waals surface area contributed by atoms with E-state index in [9.17, 15) is 23.1 Å². The Balaban J connectivity index is 1.83. The van der Waals surface area contributed by atoms with Gasteiger partial charge in [-0.25, -0.2) is 22.4 Å². The minimum Gasteiger partial charge on any atom is -0.495 e. The molecule has 15 heteroatoms. The number of rotatable bonds is 5. The molecule has 3 N–H and O–H groups in total. The number of ether oxygens (including phenoxy) is 3. The molecule has 2 unspecified atom stereocenters. The van der Waals surface area contributed by atoms with Crippen molar-refractivity contribution in [1.29, 1.82) is 0 Å². The highest BCUT2D eigenvalue weighted by atomic mass is 32.2. The molecule has 3 heterocycles. The van der Waals surface area contributed by atoms with E-state index in [1.165, 1.54) is 32.4 Å². The van der Waals surface area contributed by atoms with Crippen molar-refractivity contribution in [3.8, 4) is 5.75 Å². The first-order chi connectivity index (χ1) is 20.7. The summed E-state index contributed by atoms with van der Waals surface area (Å²) in [5.41, 5.74) is -3.62. The maximum absolute atomic E-state index is 15.6. The van der Waals surface area contributed by atoms with E-state index in [4.69, 9.17) is 14.2 Å². The van der Waals surface area contributed by atoms with Gasteiger partial charge in [0.25, 0.3) is 0 Å². The number of imide groups is 1. The van der Waals surface area contributed by atoms with Crippen molar-refractivity contribution in [1.82, 2.24) is 15.2 Å². The van der Waals surface area contributed by atoms with Crippen molar-refractivity contribution in [2.45, 2.75) is 76.2 Å². The van der Waals surface area contributed by atoms with Crippen molar-refractivity contribution >= 4 is 33.5 Å². The molecule has 2 atom stereocenters. The fourth-order valence-corrected chi connectivity index (χ4v) is 7.23. The Morgan fingerprint density at radius 2 is 1.67 bits per heavy atom. The van der Waals surface area contributed by atoms with Crippen molar-refractivity contribution in [3.63, 3.8) is 0 Å². The highest BCUT2D eigenvalue weighted by Crippen LogP contribution is 2.42. The molecular weight excluding hydrogens is 609 g/mol. The third kappa shape index (κ3) is 7.05. The lowest BCUT2D eigenvalue weighted by atomic mass is 9.91. The first kappa shape index (κ1) is 34.1. The molecule has 0 aliphatic carbocycles. The zero-order valence-electron chi connectivity index (χ0n) is 26.6. The molecule has 1 saturated heterocycles. The van der Waals surface area contributed by atoms with E-state index in [-0.39, 0.29) is 30.0 Å². The number of halogens is 1. The second-order valence-corrected chi connectivity index (χ2v) is 15.5. The van der Waals surface area contributed by atoms with E-state index in [2.05, 4.69) is 20.6 Å². The third-order valence-corrected chi connectivity index (χ3v) is 9.74. The molecule has 246 valence electrons. The quantitative estimate of drug-likeness (QED) is 0.402. The van der Waals surface area contributed by atoms with Crippen LogP contribution in [0.4, 0.5) is 19.7 Å². The van der Waals surface area contributed by atoms with E-state index in [1.54, 1.807) is 53.7 Å². The molecule has 1 fully saturated rings. The van der Waals surface area contributed by atoms with Gasteiger partial charge >= 0.3 is 12.2 Å². The molecule has 1 spiro atoms. The lowest BCUT2D eigenvalue weighted by Crippen LogP contribution is -2.75. The number of amidine groups is 1. The number of carbonyl (C=O) groups is 2. The number of hydrogen-bond acceptors (Lipinski definition) is 12. The number of nitrogens with one attached hydrogen (secondary N) is 2. The molecule has 1 aromatic carbocycles. The molecule has 13 nitrogen and oxygen atoms in total. The first-order valence-corrected chi connectivity index (χ1v) is 15.9. The molecule has 0 saturated carbocycles. The maximum Gasteiger partial charge on any atom is 0.425 e. The van der Waals surface area contributed by atoms with Crippen LogP contribution >= 0.6 is 0 Å². The van der Waals surface area contributed by atoms with Gasteiger partial charge in [-0.05, 0) is 78.8 Å². The van der Waals surface area contributed by atoms with Crippen molar-refractivity contribution in [2.75, 3.05) is 31.3 Å². The molecule has 45 heavy (non-hydrogen) atoms. The second kappa shape index (κ2) is 11.8. The fourth-order valence-electron chi connectivity index (χ4n) is 4.93. The lowest BCUT2D eigenvalue weighted by Gasteiger charge is -2.49. The first-order valence-electron chi connectivity index (χ1n) is 14.2. The van der Waals surface area contributed by atoms with Crippen LogP contribution in [0.15, 0.2) is 41.5 Å². The Bertz CT molecular complexity index is 1570. The number of aliphatic hydroxyl groups excluding tert-OH is 1. The summed E-state index contributed by atoms with van der Waals surface area (Å²) in [5, 5.41) is 16.5. The zero-order chi connectivity index (χ0) is 33.6. The molecule has 0 radical (unpaired) electrons. The summed E-state index contributed by atoms with van der Waals surface area (Å²) in [6.45, 7) is 10.7. The molecule has 2 amide bonds. The molecular formula is C30H40FN5O8S. The summed E-state index contributed by atoms with van der Waals surface area (Å²) in [6, 6.07) is 6.94. The van der Waals surface area contributed by atoms with E-state index >= 15 is 4.39 Å². The average Bonchev–Trinajstić information content (AvgIpc) is 2.86. The summed E-state index contributed by atoms with van der Waals surface area (Å²) < 4.78 is 58.0. The molecule has 2 aromatic rings. The average molecular weight is 650 g/mol. The van der Waals surface area contributed by atoms with Gasteiger partial charge in [0.05, 0.1) is 24.8 Å². The molecule has 0 bridgehead atoms. The van der Waals surface area contributed by atoms with Crippen molar-refractivity contribution in [3.05, 3.63) is 53.6 Å². The van der Waals surface area contributed by atoms with Gasteiger partial charge in [0, 0.05) is 24.3 Å². The highest BCUT2D eigenvalue weighted by molar-refractivity contribution is 7.93. The predicted octanol–water partition coefficient (Wildman–Crippen LogP) is 3.89. The normalized spacial score (nSPS) is 21.2. The Hall–Kier alpha value is -3.82. The standard InChI is InChI=1S/C30H40FN5O8S/c1-27(2,3)43-25(38)36(26(39)44-28(4,5)6)24-30(15-32-16-30)45(40,41)17-29(7,35-24)20-13-18(9-11-21(20)31)34-23(37)22-12-10-19(42-8)14-33-22/h9-14,23,32,34,37H,15-17H2,1-8H3. The van der Waals surface area contributed by atoms with Crippen LogP contribution in [0.5, 0.6) is 5.75 Å². The summed E-state index contributed by atoms with van der Waals surface area (Å²) in [4.78, 5) is 36.5. The van der Waals surface area contributed by atoms with Crippen LogP contribution in [-0.2, 0) is 24.8 Å². The van der Waals surface area contributed by atoms with Gasteiger partial charge in [-0.3, -0.25) is 9.98 Å². The van der Waals surface area contributed by atoms with Gasteiger partial charge in [-0.2, -0.15) is 4.90 Å². The summed E-state index contributed by atoms with van der Waals surface area (Å²) >= 11 is 0. The van der Waals surface area contributed by atoms with Crippen LogP contribution in [0.25, 0.3) is 0 Å². The number of methoxy groups -OCH3 is 1.